The van der Waals surface area contributed by atoms with Crippen molar-refractivity contribution in [2.24, 2.45) is 11.8 Å². The third-order valence-corrected chi connectivity index (χ3v) is 4.35. The minimum atomic E-state index is 0.412. The Balaban J connectivity index is 1.74. The lowest BCUT2D eigenvalue weighted by Crippen LogP contribution is -2.08. The van der Waals surface area contributed by atoms with Gasteiger partial charge in [0.1, 0.15) is 0 Å². The van der Waals surface area contributed by atoms with Gasteiger partial charge in [0.05, 0.1) is 5.92 Å². The fourth-order valence-corrected chi connectivity index (χ4v) is 3.15. The first-order valence-corrected chi connectivity index (χ1v) is 6.78. The summed E-state index contributed by atoms with van der Waals surface area (Å²) in [5, 5.41) is 7.58. The van der Waals surface area contributed by atoms with Gasteiger partial charge in [0.2, 0.25) is 5.89 Å². The second-order valence-electron chi connectivity index (χ2n) is 5.85. The van der Waals surface area contributed by atoms with Gasteiger partial charge in [-0.3, -0.25) is 0 Å². The lowest BCUT2D eigenvalue weighted by Gasteiger charge is -2.07. The number of aromatic nitrogens is 2. The Morgan fingerprint density at radius 3 is 2.76 bits per heavy atom. The van der Waals surface area contributed by atoms with Gasteiger partial charge in [-0.05, 0) is 37.6 Å². The maximum absolute atomic E-state index is 5.47. The van der Waals surface area contributed by atoms with Crippen LogP contribution in [0.1, 0.15) is 56.7 Å². The predicted octanol–water partition coefficient (Wildman–Crippen LogP) is 2.30. The molecule has 1 aromatic heterocycles. The van der Waals surface area contributed by atoms with E-state index in [2.05, 4.69) is 29.3 Å². The van der Waals surface area contributed by atoms with Crippen LogP contribution in [0.4, 0.5) is 0 Å². The summed E-state index contributed by atoms with van der Waals surface area (Å²) in [7, 11) is 0. The van der Waals surface area contributed by atoms with Crippen LogP contribution in [0.5, 0.6) is 0 Å². The third kappa shape index (κ3) is 2.10. The molecule has 0 aromatic carbocycles. The molecule has 1 aliphatic heterocycles. The van der Waals surface area contributed by atoms with Crippen molar-refractivity contribution in [2.45, 2.75) is 44.9 Å². The minimum Gasteiger partial charge on any atom is -0.339 e. The molecule has 0 radical (unpaired) electrons. The average Bonchev–Trinajstić information content (AvgIpc) is 2.97. The lowest BCUT2D eigenvalue weighted by molar-refractivity contribution is 0.334. The first kappa shape index (κ1) is 11.2. The Morgan fingerprint density at radius 2 is 2.12 bits per heavy atom. The number of rotatable bonds is 2. The van der Waals surface area contributed by atoms with Crippen molar-refractivity contribution in [2.75, 3.05) is 13.1 Å². The maximum Gasteiger partial charge on any atom is 0.231 e. The molecule has 4 unspecified atom stereocenters. The number of hydrogen-bond acceptors (Lipinski definition) is 4. The van der Waals surface area contributed by atoms with Gasteiger partial charge < -0.3 is 9.84 Å². The average molecular weight is 235 g/mol. The molecular formula is C13H21N3O. The smallest absolute Gasteiger partial charge is 0.231 e. The molecule has 2 aliphatic rings. The Hall–Kier alpha value is -0.900. The van der Waals surface area contributed by atoms with Crippen molar-refractivity contribution in [3.05, 3.63) is 11.7 Å². The summed E-state index contributed by atoms with van der Waals surface area (Å²) in [6.45, 7) is 6.59. The SMILES string of the molecule is CC1CCC(c2noc(C3CNCC3C)n2)C1. The fraction of sp³-hybridized carbons (Fsp3) is 0.846. The van der Waals surface area contributed by atoms with Gasteiger partial charge in [0.15, 0.2) is 5.82 Å². The van der Waals surface area contributed by atoms with E-state index in [4.69, 9.17) is 4.52 Å². The zero-order chi connectivity index (χ0) is 11.8. The quantitative estimate of drug-likeness (QED) is 0.854. The molecule has 17 heavy (non-hydrogen) atoms. The van der Waals surface area contributed by atoms with Crippen molar-refractivity contribution in [3.8, 4) is 0 Å². The highest BCUT2D eigenvalue weighted by molar-refractivity contribution is 5.05. The highest BCUT2D eigenvalue weighted by Crippen LogP contribution is 2.37. The van der Waals surface area contributed by atoms with Crippen LogP contribution in [-0.4, -0.2) is 23.2 Å². The largest absolute Gasteiger partial charge is 0.339 e. The highest BCUT2D eigenvalue weighted by atomic mass is 16.5. The van der Waals surface area contributed by atoms with E-state index >= 15 is 0 Å². The van der Waals surface area contributed by atoms with Gasteiger partial charge in [-0.1, -0.05) is 19.0 Å². The molecule has 1 N–H and O–H groups in total. The molecular weight excluding hydrogens is 214 g/mol. The van der Waals surface area contributed by atoms with Gasteiger partial charge in [-0.25, -0.2) is 0 Å². The zero-order valence-corrected chi connectivity index (χ0v) is 10.6. The summed E-state index contributed by atoms with van der Waals surface area (Å²) in [4.78, 5) is 4.64. The molecule has 0 bridgehead atoms. The van der Waals surface area contributed by atoms with E-state index in [1.54, 1.807) is 0 Å². The Bertz CT molecular complexity index is 390. The number of nitrogens with zero attached hydrogens (tertiary/aromatic N) is 2. The molecule has 2 heterocycles. The molecule has 2 fully saturated rings. The van der Waals surface area contributed by atoms with Gasteiger partial charge in [-0.15, -0.1) is 0 Å². The molecule has 4 atom stereocenters. The molecule has 0 amide bonds. The molecule has 1 aliphatic carbocycles. The van der Waals surface area contributed by atoms with Crippen LogP contribution in [0.25, 0.3) is 0 Å². The van der Waals surface area contributed by atoms with Crippen LogP contribution >= 0.6 is 0 Å². The summed E-state index contributed by atoms with van der Waals surface area (Å²) in [5.41, 5.74) is 0. The first-order chi connectivity index (χ1) is 8.24. The summed E-state index contributed by atoms with van der Waals surface area (Å²) < 4.78 is 5.47. The van der Waals surface area contributed by atoms with E-state index in [0.29, 0.717) is 17.8 Å². The van der Waals surface area contributed by atoms with E-state index in [1.807, 2.05) is 0 Å². The van der Waals surface area contributed by atoms with Crippen molar-refractivity contribution in [1.29, 1.82) is 0 Å². The minimum absolute atomic E-state index is 0.412. The number of nitrogens with one attached hydrogen (secondary N) is 1. The first-order valence-electron chi connectivity index (χ1n) is 6.78. The van der Waals surface area contributed by atoms with E-state index < -0.39 is 0 Å². The monoisotopic (exact) mass is 235 g/mol. The normalized spacial score (nSPS) is 37.8. The Labute approximate surface area is 102 Å². The molecule has 4 heteroatoms. The summed E-state index contributed by atoms with van der Waals surface area (Å²) >= 11 is 0. The third-order valence-electron chi connectivity index (χ3n) is 4.35. The second-order valence-corrected chi connectivity index (χ2v) is 5.85. The predicted molar refractivity (Wildman–Crippen MR) is 64.8 cm³/mol. The topological polar surface area (TPSA) is 51.0 Å². The summed E-state index contributed by atoms with van der Waals surface area (Å²) in [6, 6.07) is 0. The van der Waals surface area contributed by atoms with Crippen LogP contribution in [0, 0.1) is 11.8 Å². The zero-order valence-electron chi connectivity index (χ0n) is 10.6. The Kier molecular flexibility index (Phi) is 2.90. The second kappa shape index (κ2) is 4.41. The van der Waals surface area contributed by atoms with Crippen molar-refractivity contribution in [3.63, 3.8) is 0 Å². The van der Waals surface area contributed by atoms with E-state index in [9.17, 15) is 0 Å². The van der Waals surface area contributed by atoms with Crippen LogP contribution in [0.15, 0.2) is 4.52 Å². The van der Waals surface area contributed by atoms with Crippen LogP contribution in [0.2, 0.25) is 0 Å². The maximum atomic E-state index is 5.47. The molecule has 1 aromatic rings. The van der Waals surface area contributed by atoms with E-state index in [0.717, 1.165) is 30.7 Å². The molecule has 4 nitrogen and oxygen atoms in total. The van der Waals surface area contributed by atoms with Crippen molar-refractivity contribution in [1.82, 2.24) is 15.5 Å². The Morgan fingerprint density at radius 1 is 1.24 bits per heavy atom. The van der Waals surface area contributed by atoms with E-state index in [-0.39, 0.29) is 0 Å². The van der Waals surface area contributed by atoms with Gasteiger partial charge in [0, 0.05) is 12.5 Å². The molecule has 1 saturated heterocycles. The molecule has 94 valence electrons. The van der Waals surface area contributed by atoms with Crippen molar-refractivity contribution < 1.29 is 4.52 Å². The molecule has 3 rings (SSSR count). The summed E-state index contributed by atoms with van der Waals surface area (Å²) in [5.74, 6) is 4.16. The van der Waals surface area contributed by atoms with Gasteiger partial charge >= 0.3 is 0 Å². The van der Waals surface area contributed by atoms with Crippen molar-refractivity contribution >= 4 is 0 Å². The summed E-state index contributed by atoms with van der Waals surface area (Å²) in [6.07, 6.45) is 3.74. The fourth-order valence-electron chi connectivity index (χ4n) is 3.15. The van der Waals surface area contributed by atoms with E-state index in [1.165, 1.54) is 19.3 Å². The highest BCUT2D eigenvalue weighted by Gasteiger charge is 2.32. The standard InChI is InChI=1S/C13H21N3O/c1-8-3-4-10(5-8)12-15-13(17-16-12)11-7-14-6-9(11)2/h8-11,14H,3-7H2,1-2H3. The van der Waals surface area contributed by atoms with Crippen LogP contribution in [-0.2, 0) is 0 Å². The van der Waals surface area contributed by atoms with Gasteiger partial charge in [-0.2, -0.15) is 4.98 Å². The van der Waals surface area contributed by atoms with Crippen LogP contribution in [0.3, 0.4) is 0 Å². The molecule has 0 spiro atoms. The lowest BCUT2D eigenvalue weighted by atomic mass is 9.98. The van der Waals surface area contributed by atoms with Crippen LogP contribution < -0.4 is 5.32 Å². The number of hydrogen-bond donors (Lipinski definition) is 1. The van der Waals surface area contributed by atoms with Gasteiger partial charge in [0.25, 0.3) is 0 Å². The molecule has 1 saturated carbocycles.